The standard InChI is InChI=1S/C17H26FNO2/c1-13-6-2-5-9-17(13)19-10-15(20)12-21-11-14-7-3-4-8-16(14)18/h3-4,7-8,13,15,17,19-20H,2,5-6,9-12H2,1H3. The van der Waals surface area contributed by atoms with Crippen LogP contribution in [0.5, 0.6) is 0 Å². The van der Waals surface area contributed by atoms with E-state index in [4.69, 9.17) is 4.74 Å². The Labute approximate surface area is 126 Å². The third kappa shape index (κ3) is 5.38. The minimum absolute atomic E-state index is 0.198. The van der Waals surface area contributed by atoms with Crippen LogP contribution >= 0.6 is 0 Å². The number of nitrogens with one attached hydrogen (secondary N) is 1. The molecule has 3 unspecified atom stereocenters. The van der Waals surface area contributed by atoms with E-state index in [2.05, 4.69) is 12.2 Å². The molecule has 1 fully saturated rings. The number of halogens is 1. The number of hydrogen-bond donors (Lipinski definition) is 2. The second-order valence-electron chi connectivity index (χ2n) is 6.04. The van der Waals surface area contributed by atoms with E-state index in [0.29, 0.717) is 24.1 Å². The fourth-order valence-corrected chi connectivity index (χ4v) is 2.89. The van der Waals surface area contributed by atoms with Gasteiger partial charge in [0.05, 0.1) is 19.3 Å². The van der Waals surface area contributed by atoms with Crippen molar-refractivity contribution in [1.29, 1.82) is 0 Å². The van der Waals surface area contributed by atoms with Crippen LogP contribution < -0.4 is 5.32 Å². The molecule has 3 atom stereocenters. The van der Waals surface area contributed by atoms with Crippen LogP contribution in [0.4, 0.5) is 4.39 Å². The molecule has 0 heterocycles. The highest BCUT2D eigenvalue weighted by Gasteiger charge is 2.21. The summed E-state index contributed by atoms with van der Waals surface area (Å²) in [5.41, 5.74) is 0.526. The summed E-state index contributed by atoms with van der Waals surface area (Å²) in [5.74, 6) is 0.409. The summed E-state index contributed by atoms with van der Waals surface area (Å²) in [7, 11) is 0. The van der Waals surface area contributed by atoms with Crippen LogP contribution in [0.3, 0.4) is 0 Å². The number of aliphatic hydroxyl groups is 1. The van der Waals surface area contributed by atoms with Gasteiger partial charge in [-0.2, -0.15) is 0 Å². The van der Waals surface area contributed by atoms with Crippen molar-refractivity contribution in [1.82, 2.24) is 5.32 Å². The lowest BCUT2D eigenvalue weighted by molar-refractivity contribution is 0.0250. The lowest BCUT2D eigenvalue weighted by Gasteiger charge is -2.30. The van der Waals surface area contributed by atoms with Crippen LogP contribution in [-0.2, 0) is 11.3 Å². The molecule has 3 nitrogen and oxygen atoms in total. The van der Waals surface area contributed by atoms with E-state index in [9.17, 15) is 9.50 Å². The number of aliphatic hydroxyl groups excluding tert-OH is 1. The van der Waals surface area contributed by atoms with Crippen molar-refractivity contribution in [2.45, 2.75) is 51.4 Å². The average Bonchev–Trinajstić information content (AvgIpc) is 2.48. The summed E-state index contributed by atoms with van der Waals surface area (Å²) in [6, 6.07) is 7.05. The van der Waals surface area contributed by atoms with Crippen LogP contribution in [0.15, 0.2) is 24.3 Å². The van der Waals surface area contributed by atoms with Crippen LogP contribution in [0.2, 0.25) is 0 Å². The summed E-state index contributed by atoms with van der Waals surface area (Å²) < 4.78 is 18.8. The van der Waals surface area contributed by atoms with Crippen molar-refractivity contribution >= 4 is 0 Å². The van der Waals surface area contributed by atoms with E-state index in [0.717, 1.165) is 0 Å². The maximum Gasteiger partial charge on any atom is 0.128 e. The van der Waals surface area contributed by atoms with E-state index in [1.807, 2.05) is 0 Å². The Bertz CT molecular complexity index is 427. The van der Waals surface area contributed by atoms with Crippen molar-refractivity contribution in [2.75, 3.05) is 13.2 Å². The van der Waals surface area contributed by atoms with Crippen molar-refractivity contribution in [3.63, 3.8) is 0 Å². The number of rotatable bonds is 7. The van der Waals surface area contributed by atoms with Gasteiger partial charge in [0.2, 0.25) is 0 Å². The maximum absolute atomic E-state index is 13.4. The predicted octanol–water partition coefficient (Wildman–Crippen LogP) is 2.87. The first-order chi connectivity index (χ1) is 10.2. The minimum Gasteiger partial charge on any atom is -0.389 e. The zero-order valence-corrected chi connectivity index (χ0v) is 12.7. The van der Waals surface area contributed by atoms with Gasteiger partial charge in [-0.1, -0.05) is 38.0 Å². The molecular weight excluding hydrogens is 269 g/mol. The topological polar surface area (TPSA) is 41.5 Å². The number of ether oxygens (including phenoxy) is 1. The van der Waals surface area contributed by atoms with Crippen LogP contribution in [0.1, 0.15) is 38.2 Å². The third-order valence-corrected chi connectivity index (χ3v) is 4.25. The zero-order chi connectivity index (χ0) is 15.1. The van der Waals surface area contributed by atoms with E-state index in [1.54, 1.807) is 18.2 Å². The molecule has 1 aliphatic carbocycles. The van der Waals surface area contributed by atoms with Gasteiger partial charge in [-0.05, 0) is 24.8 Å². The fraction of sp³-hybridized carbons (Fsp3) is 0.647. The SMILES string of the molecule is CC1CCCCC1NCC(O)COCc1ccccc1F. The van der Waals surface area contributed by atoms with Gasteiger partial charge in [0.15, 0.2) is 0 Å². The Balaban J connectivity index is 1.63. The maximum atomic E-state index is 13.4. The molecule has 1 aromatic carbocycles. The monoisotopic (exact) mass is 295 g/mol. The molecule has 0 radical (unpaired) electrons. The molecule has 0 saturated heterocycles. The van der Waals surface area contributed by atoms with Gasteiger partial charge in [0, 0.05) is 18.2 Å². The Morgan fingerprint density at radius 1 is 1.33 bits per heavy atom. The van der Waals surface area contributed by atoms with Crippen molar-refractivity contribution < 1.29 is 14.2 Å². The average molecular weight is 295 g/mol. The molecular formula is C17H26FNO2. The van der Waals surface area contributed by atoms with Gasteiger partial charge >= 0.3 is 0 Å². The molecule has 2 rings (SSSR count). The molecule has 0 aliphatic heterocycles. The first-order valence-corrected chi connectivity index (χ1v) is 7.89. The molecule has 1 aromatic rings. The summed E-state index contributed by atoms with van der Waals surface area (Å²) in [6.45, 7) is 3.22. The van der Waals surface area contributed by atoms with E-state index in [-0.39, 0.29) is 19.0 Å². The van der Waals surface area contributed by atoms with Crippen molar-refractivity contribution in [3.8, 4) is 0 Å². The Kier molecular flexibility index (Phi) is 6.61. The molecule has 21 heavy (non-hydrogen) atoms. The van der Waals surface area contributed by atoms with Crippen LogP contribution in [-0.4, -0.2) is 30.4 Å². The van der Waals surface area contributed by atoms with Gasteiger partial charge in [0.1, 0.15) is 5.82 Å². The van der Waals surface area contributed by atoms with Crippen LogP contribution in [0, 0.1) is 11.7 Å². The van der Waals surface area contributed by atoms with Gasteiger partial charge in [0.25, 0.3) is 0 Å². The third-order valence-electron chi connectivity index (χ3n) is 4.25. The second kappa shape index (κ2) is 8.47. The van der Waals surface area contributed by atoms with Crippen molar-refractivity contribution in [3.05, 3.63) is 35.6 Å². The van der Waals surface area contributed by atoms with Gasteiger partial charge in [-0.25, -0.2) is 4.39 Å². The predicted molar refractivity (Wildman–Crippen MR) is 81.5 cm³/mol. The van der Waals surface area contributed by atoms with E-state index in [1.165, 1.54) is 31.7 Å². The minimum atomic E-state index is -0.550. The molecule has 1 saturated carbocycles. The summed E-state index contributed by atoms with van der Waals surface area (Å²) >= 11 is 0. The molecule has 0 bridgehead atoms. The quantitative estimate of drug-likeness (QED) is 0.813. The molecule has 2 N–H and O–H groups in total. The normalized spacial score (nSPS) is 24.0. The summed E-state index contributed by atoms with van der Waals surface area (Å²) in [5, 5.41) is 13.4. The Hall–Kier alpha value is -0.970. The largest absolute Gasteiger partial charge is 0.389 e. The molecule has 118 valence electrons. The van der Waals surface area contributed by atoms with E-state index < -0.39 is 6.10 Å². The van der Waals surface area contributed by atoms with E-state index >= 15 is 0 Å². The zero-order valence-electron chi connectivity index (χ0n) is 12.7. The highest BCUT2D eigenvalue weighted by Crippen LogP contribution is 2.23. The molecule has 0 amide bonds. The summed E-state index contributed by atoms with van der Waals surface area (Å²) in [4.78, 5) is 0. The van der Waals surface area contributed by atoms with Crippen molar-refractivity contribution in [2.24, 2.45) is 5.92 Å². The molecule has 4 heteroatoms. The fourth-order valence-electron chi connectivity index (χ4n) is 2.89. The molecule has 0 aromatic heterocycles. The van der Waals surface area contributed by atoms with Gasteiger partial charge in [-0.3, -0.25) is 0 Å². The molecule has 1 aliphatic rings. The Morgan fingerprint density at radius 2 is 2.10 bits per heavy atom. The highest BCUT2D eigenvalue weighted by molar-refractivity contribution is 5.16. The molecule has 0 spiro atoms. The lowest BCUT2D eigenvalue weighted by atomic mass is 9.86. The number of hydrogen-bond acceptors (Lipinski definition) is 3. The lowest BCUT2D eigenvalue weighted by Crippen LogP contribution is -2.42. The first kappa shape index (κ1) is 16.4. The first-order valence-electron chi connectivity index (χ1n) is 7.89. The highest BCUT2D eigenvalue weighted by atomic mass is 19.1. The second-order valence-corrected chi connectivity index (χ2v) is 6.04. The van der Waals surface area contributed by atoms with Gasteiger partial charge in [-0.15, -0.1) is 0 Å². The summed E-state index contributed by atoms with van der Waals surface area (Å²) in [6.07, 6.45) is 4.47. The van der Waals surface area contributed by atoms with Crippen LogP contribution in [0.25, 0.3) is 0 Å². The smallest absolute Gasteiger partial charge is 0.128 e. The van der Waals surface area contributed by atoms with Gasteiger partial charge < -0.3 is 15.2 Å². The number of benzene rings is 1. The Morgan fingerprint density at radius 3 is 2.86 bits per heavy atom.